The van der Waals surface area contributed by atoms with Gasteiger partial charge in [0.05, 0.1) is 5.57 Å². The Kier molecular flexibility index (Phi) is 5.09. The topological polar surface area (TPSA) is 86.7 Å². The molecule has 0 radical (unpaired) electrons. The Bertz CT molecular complexity index is 1410. The highest BCUT2D eigenvalue weighted by Gasteiger charge is 2.36. The van der Waals surface area contributed by atoms with Gasteiger partial charge in [-0.05, 0) is 92.6 Å². The average Bonchev–Trinajstić information content (AvgIpc) is 3.34. The molecule has 8 heteroatoms. The van der Waals surface area contributed by atoms with Crippen molar-refractivity contribution in [3.8, 4) is 5.69 Å². The van der Waals surface area contributed by atoms with E-state index in [1.807, 2.05) is 32.0 Å². The molecule has 0 unspecified atom stereocenters. The fourth-order valence-electron chi connectivity index (χ4n) is 3.95. The fourth-order valence-corrected chi connectivity index (χ4v) is 4.83. The number of aromatic nitrogens is 2. The van der Waals surface area contributed by atoms with Crippen molar-refractivity contribution in [3.63, 3.8) is 0 Å². The summed E-state index contributed by atoms with van der Waals surface area (Å²) in [6.07, 6.45) is 5.14. The second-order valence-corrected chi connectivity index (χ2v) is 9.05. The van der Waals surface area contributed by atoms with Gasteiger partial charge in [0.25, 0.3) is 5.91 Å². The van der Waals surface area contributed by atoms with Crippen molar-refractivity contribution < 1.29 is 4.79 Å². The van der Waals surface area contributed by atoms with Gasteiger partial charge in [0.2, 0.25) is 5.17 Å². The minimum absolute atomic E-state index is 0.0207. The summed E-state index contributed by atoms with van der Waals surface area (Å²) in [4.78, 5) is 21.2. The van der Waals surface area contributed by atoms with Crippen LogP contribution in [0.4, 0.5) is 0 Å². The molecule has 164 valence electrons. The van der Waals surface area contributed by atoms with Gasteiger partial charge < -0.3 is 4.57 Å². The molecule has 1 aromatic carbocycles. The summed E-state index contributed by atoms with van der Waals surface area (Å²) in [5.74, 6) is -0.412. The van der Waals surface area contributed by atoms with Gasteiger partial charge in [-0.15, -0.1) is 0 Å². The SMILES string of the molecule is Cc1ccc(-n2c(C)cc(/C=C3\C(=N)N4N=C(c5cccnc5)SC4=NC3=O)c2C)cc1C. The maximum atomic E-state index is 12.8. The van der Waals surface area contributed by atoms with E-state index in [0.717, 1.165) is 28.2 Å². The van der Waals surface area contributed by atoms with Gasteiger partial charge in [0.15, 0.2) is 5.84 Å². The summed E-state index contributed by atoms with van der Waals surface area (Å²) in [6, 6.07) is 12.1. The maximum absolute atomic E-state index is 12.8. The van der Waals surface area contributed by atoms with Crippen LogP contribution < -0.4 is 0 Å². The standard InChI is InChI=1S/C25H22N6OS/c1-14-7-8-20(10-15(14)2)30-16(3)11-19(17(30)4)12-21-22(26)31-25(28-23(21)32)33-24(29-31)18-6-5-9-27-13-18/h5-13,26H,1-4H3/b21-12+,26-22?. The number of hydrogen-bond acceptors (Lipinski definition) is 5. The summed E-state index contributed by atoms with van der Waals surface area (Å²) in [5.41, 5.74) is 7.50. The highest BCUT2D eigenvalue weighted by molar-refractivity contribution is 8.27. The molecular formula is C25H22N6OS. The van der Waals surface area contributed by atoms with Crippen LogP contribution in [0.2, 0.25) is 0 Å². The molecule has 33 heavy (non-hydrogen) atoms. The van der Waals surface area contributed by atoms with Crippen molar-refractivity contribution in [2.75, 3.05) is 0 Å². The fraction of sp³-hybridized carbons (Fsp3) is 0.160. The number of amidine groups is 2. The third-order valence-electron chi connectivity index (χ3n) is 5.88. The number of nitrogens with one attached hydrogen (secondary N) is 1. The van der Waals surface area contributed by atoms with Gasteiger partial charge in [-0.2, -0.15) is 15.1 Å². The molecule has 0 saturated carbocycles. The second-order valence-electron chi connectivity index (χ2n) is 8.10. The number of hydrazone groups is 1. The first kappa shape index (κ1) is 21.1. The quantitative estimate of drug-likeness (QED) is 0.578. The number of rotatable bonds is 3. The third-order valence-corrected chi connectivity index (χ3v) is 6.84. The molecule has 2 aliphatic rings. The molecule has 0 spiro atoms. The molecule has 0 fully saturated rings. The Morgan fingerprint density at radius 2 is 1.88 bits per heavy atom. The summed E-state index contributed by atoms with van der Waals surface area (Å²) < 4.78 is 2.16. The number of benzene rings is 1. The van der Waals surface area contributed by atoms with Crippen LogP contribution in [0.15, 0.2) is 64.5 Å². The zero-order valence-electron chi connectivity index (χ0n) is 18.7. The minimum Gasteiger partial charge on any atom is -0.318 e. The average molecular weight is 455 g/mol. The van der Waals surface area contributed by atoms with Gasteiger partial charge in [0, 0.05) is 35.0 Å². The molecule has 0 bridgehead atoms. The van der Waals surface area contributed by atoms with Crippen LogP contribution in [-0.2, 0) is 4.79 Å². The number of carbonyl (C=O) groups is 1. The van der Waals surface area contributed by atoms with E-state index in [1.54, 1.807) is 18.5 Å². The molecule has 1 amide bonds. The first-order valence-electron chi connectivity index (χ1n) is 10.5. The van der Waals surface area contributed by atoms with Gasteiger partial charge in [-0.25, -0.2) is 0 Å². The van der Waals surface area contributed by atoms with Gasteiger partial charge in [-0.1, -0.05) is 6.07 Å². The number of amides is 1. The van der Waals surface area contributed by atoms with Crippen LogP contribution in [0.25, 0.3) is 11.8 Å². The van der Waals surface area contributed by atoms with Gasteiger partial charge in [-0.3, -0.25) is 15.2 Å². The van der Waals surface area contributed by atoms with Gasteiger partial charge in [0.1, 0.15) is 5.04 Å². The molecular weight excluding hydrogens is 432 g/mol. The van der Waals surface area contributed by atoms with Crippen molar-refractivity contribution >= 4 is 39.8 Å². The van der Waals surface area contributed by atoms with E-state index in [4.69, 9.17) is 5.41 Å². The van der Waals surface area contributed by atoms with E-state index in [1.165, 1.54) is 27.9 Å². The third kappa shape index (κ3) is 3.62. The van der Waals surface area contributed by atoms with Crippen molar-refractivity contribution in [3.05, 3.63) is 88.0 Å². The number of hydrogen-bond donors (Lipinski definition) is 1. The predicted octanol–water partition coefficient (Wildman–Crippen LogP) is 4.77. The van der Waals surface area contributed by atoms with E-state index in [0.29, 0.717) is 10.2 Å². The Labute approximate surface area is 196 Å². The number of aryl methyl sites for hydroxylation is 3. The van der Waals surface area contributed by atoms with Crippen molar-refractivity contribution in [2.24, 2.45) is 10.1 Å². The smallest absolute Gasteiger partial charge is 0.283 e. The molecule has 2 aliphatic heterocycles. The molecule has 2 aromatic heterocycles. The van der Waals surface area contributed by atoms with Crippen LogP contribution in [-0.4, -0.2) is 36.5 Å². The lowest BCUT2D eigenvalue weighted by Gasteiger charge is -2.20. The zero-order chi connectivity index (χ0) is 23.3. The minimum atomic E-state index is -0.433. The Morgan fingerprint density at radius 3 is 2.61 bits per heavy atom. The van der Waals surface area contributed by atoms with Crippen LogP contribution in [0.3, 0.4) is 0 Å². The number of aliphatic imine (C=N–C) groups is 1. The predicted molar refractivity (Wildman–Crippen MR) is 133 cm³/mol. The summed E-state index contributed by atoms with van der Waals surface area (Å²) in [5, 5.41) is 15.7. The summed E-state index contributed by atoms with van der Waals surface area (Å²) >= 11 is 1.27. The van der Waals surface area contributed by atoms with E-state index < -0.39 is 5.91 Å². The molecule has 0 atom stereocenters. The molecule has 7 nitrogen and oxygen atoms in total. The number of fused-ring (bicyclic) bond motifs is 1. The lowest BCUT2D eigenvalue weighted by Crippen LogP contribution is -2.35. The zero-order valence-corrected chi connectivity index (χ0v) is 19.6. The van der Waals surface area contributed by atoms with Crippen LogP contribution in [0.1, 0.15) is 33.6 Å². The van der Waals surface area contributed by atoms with Crippen LogP contribution in [0, 0.1) is 33.1 Å². The summed E-state index contributed by atoms with van der Waals surface area (Å²) in [7, 11) is 0. The van der Waals surface area contributed by atoms with E-state index in [2.05, 4.69) is 51.7 Å². The number of pyridine rings is 1. The molecule has 0 saturated heterocycles. The van der Waals surface area contributed by atoms with Crippen molar-refractivity contribution in [1.29, 1.82) is 5.41 Å². The molecule has 4 heterocycles. The molecule has 1 N–H and O–H groups in total. The highest BCUT2D eigenvalue weighted by atomic mass is 32.2. The van der Waals surface area contributed by atoms with Gasteiger partial charge >= 0.3 is 0 Å². The Hall–Kier alpha value is -3.78. The first-order valence-corrected chi connectivity index (χ1v) is 11.3. The highest BCUT2D eigenvalue weighted by Crippen LogP contribution is 2.31. The number of carbonyl (C=O) groups excluding carboxylic acids is 1. The number of nitrogens with zero attached hydrogens (tertiary/aromatic N) is 5. The largest absolute Gasteiger partial charge is 0.318 e. The monoisotopic (exact) mass is 454 g/mol. The molecule has 0 aliphatic carbocycles. The van der Waals surface area contributed by atoms with E-state index in [9.17, 15) is 4.79 Å². The normalized spacial score (nSPS) is 16.8. The summed E-state index contributed by atoms with van der Waals surface area (Å²) in [6.45, 7) is 8.25. The number of thioether (sulfide) groups is 1. The lowest BCUT2D eigenvalue weighted by molar-refractivity contribution is -0.114. The first-order chi connectivity index (χ1) is 15.8. The van der Waals surface area contributed by atoms with Crippen LogP contribution >= 0.6 is 11.8 Å². The molecule has 5 rings (SSSR count). The van der Waals surface area contributed by atoms with Crippen molar-refractivity contribution in [2.45, 2.75) is 27.7 Å². The lowest BCUT2D eigenvalue weighted by atomic mass is 10.1. The van der Waals surface area contributed by atoms with E-state index >= 15 is 0 Å². The Balaban J connectivity index is 1.52. The Morgan fingerprint density at radius 1 is 1.06 bits per heavy atom. The molecule has 3 aromatic rings. The van der Waals surface area contributed by atoms with Crippen molar-refractivity contribution in [1.82, 2.24) is 14.6 Å². The second kappa shape index (κ2) is 7.97. The van der Waals surface area contributed by atoms with Crippen LogP contribution in [0.5, 0.6) is 0 Å². The maximum Gasteiger partial charge on any atom is 0.283 e. The van der Waals surface area contributed by atoms with E-state index in [-0.39, 0.29) is 11.4 Å².